The van der Waals surface area contributed by atoms with Crippen LogP contribution in [0.2, 0.25) is 0 Å². The highest BCUT2D eigenvalue weighted by atomic mass is 32.2. The summed E-state index contributed by atoms with van der Waals surface area (Å²) in [5, 5.41) is 3.07. The first kappa shape index (κ1) is 15.5. The predicted molar refractivity (Wildman–Crippen MR) is 80.5 cm³/mol. The Morgan fingerprint density at radius 2 is 2.14 bits per heavy atom. The molecule has 114 valence electrons. The zero-order chi connectivity index (χ0) is 15.3. The number of nitrogens with one attached hydrogen (secondary N) is 2. The third-order valence-corrected chi connectivity index (χ3v) is 4.39. The Balaban J connectivity index is 2.23. The number of rotatable bonds is 7. The minimum Gasteiger partial charge on any atom is -0.468 e. The lowest BCUT2D eigenvalue weighted by atomic mass is 10.3. The van der Waals surface area contributed by atoms with E-state index in [4.69, 9.17) is 4.42 Å². The lowest BCUT2D eigenvalue weighted by Gasteiger charge is -2.14. The van der Waals surface area contributed by atoms with Gasteiger partial charge in [0.1, 0.15) is 5.76 Å². The van der Waals surface area contributed by atoms with Gasteiger partial charge in [-0.2, -0.15) is 4.72 Å². The molecule has 0 fully saturated rings. The molecule has 0 saturated heterocycles. The van der Waals surface area contributed by atoms with Gasteiger partial charge in [-0.25, -0.2) is 13.4 Å². The Hall–Kier alpha value is -1.86. The van der Waals surface area contributed by atoms with Gasteiger partial charge in [-0.15, -0.1) is 0 Å². The molecule has 0 aliphatic rings. The molecule has 0 bridgehead atoms. The average Bonchev–Trinajstić information content (AvgIpc) is 2.99. The minimum absolute atomic E-state index is 0.00291. The molecule has 0 spiro atoms. The lowest BCUT2D eigenvalue weighted by Crippen LogP contribution is -2.28. The number of pyridine rings is 1. The molecule has 1 atom stereocenters. The second-order valence-corrected chi connectivity index (χ2v) is 6.27. The van der Waals surface area contributed by atoms with E-state index in [0.717, 1.165) is 6.42 Å². The number of anilines is 1. The van der Waals surface area contributed by atoms with Crippen molar-refractivity contribution in [1.82, 2.24) is 9.71 Å². The molecule has 6 nitrogen and oxygen atoms in total. The van der Waals surface area contributed by atoms with Crippen molar-refractivity contribution >= 4 is 15.7 Å². The molecule has 21 heavy (non-hydrogen) atoms. The van der Waals surface area contributed by atoms with Crippen molar-refractivity contribution in [3.63, 3.8) is 0 Å². The molecule has 0 amide bonds. The van der Waals surface area contributed by atoms with Crippen LogP contribution in [-0.4, -0.2) is 19.9 Å². The fourth-order valence-corrected chi connectivity index (χ4v) is 3.21. The number of sulfonamides is 1. The monoisotopic (exact) mass is 309 g/mol. The van der Waals surface area contributed by atoms with Crippen molar-refractivity contribution in [3.05, 3.63) is 42.5 Å². The van der Waals surface area contributed by atoms with Crippen molar-refractivity contribution < 1.29 is 12.8 Å². The Labute approximate surface area is 124 Å². The highest BCUT2D eigenvalue weighted by molar-refractivity contribution is 7.89. The minimum atomic E-state index is -3.73. The molecule has 2 N–H and O–H groups in total. The van der Waals surface area contributed by atoms with Crippen LogP contribution in [0, 0.1) is 0 Å². The third-order valence-electron chi connectivity index (χ3n) is 2.89. The summed E-state index contributed by atoms with van der Waals surface area (Å²) >= 11 is 0. The van der Waals surface area contributed by atoms with Crippen LogP contribution in [0.3, 0.4) is 0 Å². The highest BCUT2D eigenvalue weighted by Crippen LogP contribution is 2.21. The number of aromatic nitrogens is 1. The van der Waals surface area contributed by atoms with Crippen LogP contribution in [0.25, 0.3) is 0 Å². The van der Waals surface area contributed by atoms with Gasteiger partial charge < -0.3 is 9.73 Å². The van der Waals surface area contributed by atoms with Crippen LogP contribution in [0.15, 0.2) is 46.2 Å². The number of furan rings is 1. The van der Waals surface area contributed by atoms with Crippen molar-refractivity contribution in [2.24, 2.45) is 0 Å². The normalized spacial score (nSPS) is 13.0. The second kappa shape index (κ2) is 6.73. The van der Waals surface area contributed by atoms with Crippen molar-refractivity contribution in [2.45, 2.75) is 31.3 Å². The fraction of sp³-hybridized carbons (Fsp3) is 0.357. The summed E-state index contributed by atoms with van der Waals surface area (Å²) in [6.07, 6.45) is 3.86. The van der Waals surface area contributed by atoms with Crippen LogP contribution in [0.1, 0.15) is 32.1 Å². The molecule has 7 heteroatoms. The lowest BCUT2D eigenvalue weighted by molar-refractivity contribution is 0.459. The van der Waals surface area contributed by atoms with E-state index >= 15 is 0 Å². The van der Waals surface area contributed by atoms with E-state index in [1.54, 1.807) is 31.2 Å². The number of hydrogen-bond donors (Lipinski definition) is 2. The van der Waals surface area contributed by atoms with Gasteiger partial charge >= 0.3 is 0 Å². The van der Waals surface area contributed by atoms with E-state index in [9.17, 15) is 8.42 Å². The van der Waals surface area contributed by atoms with Gasteiger partial charge in [-0.05, 0) is 37.6 Å². The second-order valence-electron chi connectivity index (χ2n) is 4.64. The maximum atomic E-state index is 12.5. The third kappa shape index (κ3) is 3.83. The van der Waals surface area contributed by atoms with Gasteiger partial charge in [-0.3, -0.25) is 0 Å². The first-order valence-electron chi connectivity index (χ1n) is 6.79. The zero-order valence-corrected chi connectivity index (χ0v) is 12.9. The average molecular weight is 309 g/mol. The van der Waals surface area contributed by atoms with E-state index in [-0.39, 0.29) is 5.03 Å². The van der Waals surface area contributed by atoms with Crippen LogP contribution >= 0.6 is 0 Å². The maximum Gasteiger partial charge on any atom is 0.260 e. The molecule has 2 heterocycles. The Bertz CT molecular complexity index is 669. The van der Waals surface area contributed by atoms with Crippen molar-refractivity contribution in [3.8, 4) is 0 Å². The standard InChI is InChI=1S/C14H19N3O3S/c1-3-8-15-12-6-4-9-16-14(12)21(18,19)17-11(2)13-7-5-10-20-13/h4-7,9-11,15,17H,3,8H2,1-2H3. The molecular formula is C14H19N3O3S. The Morgan fingerprint density at radius 1 is 1.33 bits per heavy atom. The molecule has 2 rings (SSSR count). The van der Waals surface area contributed by atoms with Crippen LogP contribution < -0.4 is 10.0 Å². The van der Waals surface area contributed by atoms with E-state index in [1.165, 1.54) is 12.5 Å². The van der Waals surface area contributed by atoms with E-state index < -0.39 is 16.1 Å². The topological polar surface area (TPSA) is 84.2 Å². The molecule has 1 unspecified atom stereocenters. The summed E-state index contributed by atoms with van der Waals surface area (Å²) in [6.45, 7) is 4.41. The molecule has 0 radical (unpaired) electrons. The van der Waals surface area contributed by atoms with E-state index in [2.05, 4.69) is 15.0 Å². The summed E-state index contributed by atoms with van der Waals surface area (Å²) in [5.74, 6) is 0.553. The molecule has 2 aromatic rings. The maximum absolute atomic E-state index is 12.5. The van der Waals surface area contributed by atoms with Gasteiger partial charge in [0.15, 0.2) is 5.03 Å². The first-order chi connectivity index (χ1) is 10.0. The zero-order valence-electron chi connectivity index (χ0n) is 12.0. The van der Waals surface area contributed by atoms with Crippen LogP contribution in [0.5, 0.6) is 0 Å². The molecule has 2 aromatic heterocycles. The van der Waals surface area contributed by atoms with Gasteiger partial charge in [0, 0.05) is 12.7 Å². The first-order valence-corrected chi connectivity index (χ1v) is 8.27. The Morgan fingerprint density at radius 3 is 2.81 bits per heavy atom. The van der Waals surface area contributed by atoms with Crippen LogP contribution in [0.4, 0.5) is 5.69 Å². The summed E-state index contributed by atoms with van der Waals surface area (Å²) in [7, 11) is -3.73. The van der Waals surface area contributed by atoms with Crippen molar-refractivity contribution in [1.29, 1.82) is 0 Å². The SMILES string of the molecule is CCCNc1cccnc1S(=O)(=O)NC(C)c1ccco1. The predicted octanol–water partition coefficient (Wildman–Crippen LogP) is 2.54. The summed E-state index contributed by atoms with van der Waals surface area (Å²) in [6, 6.07) is 6.38. The summed E-state index contributed by atoms with van der Waals surface area (Å²) < 4.78 is 32.7. The Kier molecular flexibility index (Phi) is 4.98. The van der Waals surface area contributed by atoms with Crippen molar-refractivity contribution in [2.75, 3.05) is 11.9 Å². The molecule has 0 saturated carbocycles. The van der Waals surface area contributed by atoms with Crippen LogP contribution in [-0.2, 0) is 10.0 Å². The molecule has 0 aromatic carbocycles. The van der Waals surface area contributed by atoms with Gasteiger partial charge in [0.2, 0.25) is 0 Å². The van der Waals surface area contributed by atoms with E-state index in [1.807, 2.05) is 6.92 Å². The smallest absolute Gasteiger partial charge is 0.260 e. The van der Waals surface area contributed by atoms with Gasteiger partial charge in [-0.1, -0.05) is 6.92 Å². The quantitative estimate of drug-likeness (QED) is 0.821. The highest BCUT2D eigenvalue weighted by Gasteiger charge is 2.23. The fourth-order valence-electron chi connectivity index (χ4n) is 1.88. The van der Waals surface area contributed by atoms with Gasteiger partial charge in [0.05, 0.1) is 18.0 Å². The molecular weight excluding hydrogens is 290 g/mol. The summed E-state index contributed by atoms with van der Waals surface area (Å²) in [4.78, 5) is 3.99. The number of nitrogens with zero attached hydrogens (tertiary/aromatic N) is 1. The number of hydrogen-bond acceptors (Lipinski definition) is 5. The largest absolute Gasteiger partial charge is 0.468 e. The molecule has 0 aliphatic carbocycles. The molecule has 0 aliphatic heterocycles. The van der Waals surface area contributed by atoms with Gasteiger partial charge in [0.25, 0.3) is 10.0 Å². The summed E-state index contributed by atoms with van der Waals surface area (Å²) in [5.41, 5.74) is 0.499. The van der Waals surface area contributed by atoms with E-state index in [0.29, 0.717) is 18.0 Å².